The van der Waals surface area contributed by atoms with Gasteiger partial charge in [-0.1, -0.05) is 30.3 Å². The predicted molar refractivity (Wildman–Crippen MR) is 88.9 cm³/mol. The van der Waals surface area contributed by atoms with Crippen LogP contribution in [0.1, 0.15) is 24.8 Å². The van der Waals surface area contributed by atoms with Crippen molar-refractivity contribution in [3.05, 3.63) is 35.9 Å². The minimum Gasteiger partial charge on any atom is -0.465 e. The Balaban J connectivity index is 1.74. The number of rotatable bonds is 5. The van der Waals surface area contributed by atoms with Gasteiger partial charge in [0.15, 0.2) is 0 Å². The van der Waals surface area contributed by atoms with E-state index in [1.807, 2.05) is 0 Å². The predicted octanol–water partition coefficient (Wildman–Crippen LogP) is -0.621. The van der Waals surface area contributed by atoms with Gasteiger partial charge in [0.05, 0.1) is 25.9 Å². The minimum absolute atomic E-state index is 0.0343. The number of ether oxygens (including phenoxy) is 2. The molecule has 9 heteroatoms. The van der Waals surface area contributed by atoms with E-state index in [0.717, 1.165) is 0 Å². The van der Waals surface area contributed by atoms with Crippen LogP contribution in [0.25, 0.3) is 0 Å². The standard InChI is InChI=1S/C18H18N2O7/c21-13-9-12(16(24)20-13)19-17(25)18(6-7-26-15(23)10-18)27-14(22)8-11-4-2-1-3-5-11/h1-5,12H,6-10H2,(H,19,25)(H,20,21,24). The van der Waals surface area contributed by atoms with Gasteiger partial charge in [0.2, 0.25) is 17.4 Å². The van der Waals surface area contributed by atoms with Gasteiger partial charge in [0.25, 0.3) is 5.91 Å². The molecule has 2 aliphatic rings. The Morgan fingerprint density at radius 3 is 2.59 bits per heavy atom. The van der Waals surface area contributed by atoms with Crippen LogP contribution in [0.3, 0.4) is 0 Å². The molecule has 0 aromatic heterocycles. The molecular weight excluding hydrogens is 356 g/mol. The molecule has 2 fully saturated rings. The largest absolute Gasteiger partial charge is 0.465 e. The molecule has 3 rings (SSSR count). The molecule has 0 radical (unpaired) electrons. The lowest BCUT2D eigenvalue weighted by Gasteiger charge is -2.34. The molecule has 2 saturated heterocycles. The molecule has 0 saturated carbocycles. The lowest BCUT2D eigenvalue weighted by Crippen LogP contribution is -2.57. The Morgan fingerprint density at radius 1 is 1.22 bits per heavy atom. The maximum atomic E-state index is 12.8. The monoisotopic (exact) mass is 374 g/mol. The first-order chi connectivity index (χ1) is 12.9. The Labute approximate surface area is 154 Å². The molecule has 142 valence electrons. The molecule has 0 aliphatic carbocycles. The summed E-state index contributed by atoms with van der Waals surface area (Å²) < 4.78 is 10.3. The number of cyclic esters (lactones) is 1. The molecule has 27 heavy (non-hydrogen) atoms. The maximum Gasteiger partial charge on any atom is 0.311 e. The molecule has 0 spiro atoms. The van der Waals surface area contributed by atoms with Gasteiger partial charge in [0.1, 0.15) is 6.04 Å². The third kappa shape index (κ3) is 4.30. The second-order valence-corrected chi connectivity index (χ2v) is 6.42. The Bertz CT molecular complexity index is 792. The second kappa shape index (κ2) is 7.56. The maximum absolute atomic E-state index is 12.8. The number of esters is 2. The van der Waals surface area contributed by atoms with Crippen LogP contribution in [0, 0.1) is 0 Å². The van der Waals surface area contributed by atoms with E-state index in [-0.39, 0.29) is 25.9 Å². The average molecular weight is 374 g/mol. The van der Waals surface area contributed by atoms with Crippen molar-refractivity contribution in [2.24, 2.45) is 0 Å². The van der Waals surface area contributed by atoms with Crippen molar-refractivity contribution < 1.29 is 33.4 Å². The van der Waals surface area contributed by atoms with E-state index < -0.39 is 47.7 Å². The Kier molecular flexibility index (Phi) is 5.20. The van der Waals surface area contributed by atoms with E-state index in [9.17, 15) is 24.0 Å². The average Bonchev–Trinajstić information content (AvgIpc) is 2.92. The summed E-state index contributed by atoms with van der Waals surface area (Å²) in [6.07, 6.45) is -0.772. The van der Waals surface area contributed by atoms with Gasteiger partial charge in [-0.2, -0.15) is 0 Å². The van der Waals surface area contributed by atoms with Crippen molar-refractivity contribution in [2.75, 3.05) is 6.61 Å². The van der Waals surface area contributed by atoms with Crippen molar-refractivity contribution in [1.29, 1.82) is 0 Å². The van der Waals surface area contributed by atoms with Crippen LogP contribution in [-0.4, -0.2) is 47.9 Å². The number of carbonyl (C=O) groups is 5. The number of nitrogens with one attached hydrogen (secondary N) is 2. The van der Waals surface area contributed by atoms with Crippen molar-refractivity contribution >= 4 is 29.7 Å². The molecule has 9 nitrogen and oxygen atoms in total. The van der Waals surface area contributed by atoms with E-state index in [1.165, 1.54) is 0 Å². The zero-order chi connectivity index (χ0) is 19.4. The quantitative estimate of drug-likeness (QED) is 0.519. The summed E-state index contributed by atoms with van der Waals surface area (Å²) in [6.45, 7) is -0.0966. The highest BCUT2D eigenvalue weighted by Gasteiger charge is 2.49. The molecule has 2 atom stereocenters. The van der Waals surface area contributed by atoms with E-state index in [0.29, 0.717) is 5.56 Å². The van der Waals surface area contributed by atoms with Gasteiger partial charge in [-0.25, -0.2) is 0 Å². The fourth-order valence-corrected chi connectivity index (χ4v) is 3.01. The lowest BCUT2D eigenvalue weighted by atomic mass is 9.91. The van der Waals surface area contributed by atoms with Crippen LogP contribution in [-0.2, 0) is 39.9 Å². The first kappa shape index (κ1) is 18.6. The smallest absolute Gasteiger partial charge is 0.311 e. The molecule has 1 aromatic carbocycles. The summed E-state index contributed by atoms with van der Waals surface area (Å²) in [5.41, 5.74) is -1.08. The third-order valence-electron chi connectivity index (χ3n) is 4.39. The minimum atomic E-state index is -1.77. The fraction of sp³-hybridized carbons (Fsp3) is 0.389. The van der Waals surface area contributed by atoms with Crippen LogP contribution >= 0.6 is 0 Å². The molecule has 2 unspecified atom stereocenters. The van der Waals surface area contributed by atoms with Crippen LogP contribution in [0.4, 0.5) is 0 Å². The summed E-state index contributed by atoms with van der Waals surface area (Å²) in [7, 11) is 0. The van der Waals surface area contributed by atoms with E-state index >= 15 is 0 Å². The number of benzene rings is 1. The zero-order valence-electron chi connectivity index (χ0n) is 14.4. The molecule has 2 heterocycles. The lowest BCUT2D eigenvalue weighted by molar-refractivity contribution is -0.183. The molecule has 3 amide bonds. The number of imide groups is 1. The topological polar surface area (TPSA) is 128 Å². The fourth-order valence-electron chi connectivity index (χ4n) is 3.01. The number of carbonyl (C=O) groups excluding carboxylic acids is 5. The first-order valence-electron chi connectivity index (χ1n) is 8.44. The van der Waals surface area contributed by atoms with Gasteiger partial charge in [0, 0.05) is 6.42 Å². The third-order valence-corrected chi connectivity index (χ3v) is 4.39. The number of hydrogen-bond acceptors (Lipinski definition) is 7. The van der Waals surface area contributed by atoms with Gasteiger partial charge >= 0.3 is 11.9 Å². The first-order valence-corrected chi connectivity index (χ1v) is 8.44. The summed E-state index contributed by atoms with van der Waals surface area (Å²) in [5, 5.41) is 4.48. The van der Waals surface area contributed by atoms with Crippen LogP contribution < -0.4 is 10.6 Å². The van der Waals surface area contributed by atoms with Crippen LogP contribution in [0.15, 0.2) is 30.3 Å². The highest BCUT2D eigenvalue weighted by atomic mass is 16.6. The molecular formula is C18H18N2O7. The van der Waals surface area contributed by atoms with Crippen molar-refractivity contribution in [3.63, 3.8) is 0 Å². The summed E-state index contributed by atoms with van der Waals surface area (Å²) in [4.78, 5) is 59.9. The van der Waals surface area contributed by atoms with Crippen LogP contribution in [0.5, 0.6) is 0 Å². The second-order valence-electron chi connectivity index (χ2n) is 6.42. The number of amides is 3. The molecule has 1 aromatic rings. The van der Waals surface area contributed by atoms with E-state index in [1.54, 1.807) is 30.3 Å². The van der Waals surface area contributed by atoms with Gasteiger partial charge in [-0.05, 0) is 5.56 Å². The molecule has 2 N–H and O–H groups in total. The SMILES string of the molecule is O=C1CC(NC(=O)C2(OC(=O)Cc3ccccc3)CCOC(=O)C2)C(=O)N1. The van der Waals surface area contributed by atoms with E-state index in [2.05, 4.69) is 10.6 Å². The van der Waals surface area contributed by atoms with Crippen molar-refractivity contribution in [1.82, 2.24) is 10.6 Å². The zero-order valence-corrected chi connectivity index (χ0v) is 14.4. The molecule has 0 bridgehead atoms. The van der Waals surface area contributed by atoms with E-state index in [4.69, 9.17) is 9.47 Å². The summed E-state index contributed by atoms with van der Waals surface area (Å²) in [5.74, 6) is -3.31. The summed E-state index contributed by atoms with van der Waals surface area (Å²) in [6, 6.07) is 7.73. The van der Waals surface area contributed by atoms with Crippen LogP contribution in [0.2, 0.25) is 0 Å². The highest BCUT2D eigenvalue weighted by Crippen LogP contribution is 2.27. The number of hydrogen-bond donors (Lipinski definition) is 2. The van der Waals surface area contributed by atoms with Crippen molar-refractivity contribution in [3.8, 4) is 0 Å². The van der Waals surface area contributed by atoms with Gasteiger partial charge in [-0.15, -0.1) is 0 Å². The summed E-state index contributed by atoms with van der Waals surface area (Å²) >= 11 is 0. The highest BCUT2D eigenvalue weighted by molar-refractivity contribution is 6.07. The van der Waals surface area contributed by atoms with Crippen molar-refractivity contribution in [2.45, 2.75) is 37.3 Å². The molecule has 2 aliphatic heterocycles. The van der Waals surface area contributed by atoms with Gasteiger partial charge in [-0.3, -0.25) is 29.3 Å². The van der Waals surface area contributed by atoms with Gasteiger partial charge < -0.3 is 14.8 Å². The Morgan fingerprint density at radius 2 is 1.96 bits per heavy atom. The Hall–Kier alpha value is -3.23. The normalized spacial score (nSPS) is 24.7.